The summed E-state index contributed by atoms with van der Waals surface area (Å²) in [7, 11) is 3.26. The molecule has 0 aliphatic carbocycles. The molecule has 0 radical (unpaired) electrons. The molecule has 10 N–H and O–H groups in total. The minimum absolute atomic E-state index is 0.282. The number of ether oxygens (including phenoxy) is 4. The lowest BCUT2D eigenvalue weighted by atomic mass is 9.92. The number of piperidine rings is 1. The Morgan fingerprint density at radius 3 is 1.45 bits per heavy atom. The van der Waals surface area contributed by atoms with E-state index in [0.717, 1.165) is 114 Å². The number of halogens is 2. The lowest BCUT2D eigenvalue weighted by molar-refractivity contribution is -0.112. The molecule has 7 aromatic heterocycles. The molecule has 3 aliphatic heterocycles. The molecule has 13 aromatic rings. The van der Waals surface area contributed by atoms with Crippen LogP contribution in [0.15, 0.2) is 214 Å². The molecule has 0 atom stereocenters. The highest BCUT2D eigenvalue weighted by Gasteiger charge is 2.29. The van der Waals surface area contributed by atoms with Crippen LogP contribution < -0.4 is 56.2 Å². The fraction of sp³-hybridized carbons (Fsp3) is 0.233. The van der Waals surface area contributed by atoms with Crippen molar-refractivity contribution in [3.8, 4) is 34.8 Å². The highest BCUT2D eigenvalue weighted by Crippen LogP contribution is 2.38. The standard InChI is InChI=1S/C30H29N7O2.C28H30FN7O2.C28H29FN6O3/c1-2-27(38)33-21-7-6-8-24(18-21)39-29-25-13-14-31-28(25)35-30(36-29)34-22-11-12-26-20(17-22)9-10-23(32-26)19-37-15-4-3-5-16-37;1-3-25(37)31-20-5-4-6-21(15-20)32-27-22-9-11-30-26(22)34-28(35-27)33-23-8-7-18(14-24(23)38-2)13-19-16-36(17-19)12-10-29;1-3-25(36)31-20-5-4-6-21(15-20)38-27-22-9-11-30-26(22)33-28(34-27)32-23-8-7-18(14-24(23)37-2)13-19-16-35(17-19)12-10-29/h2,6-14,17-18H,1,3-5,15-16,19H2,(H,33,38)(H2,31,34,35,36);3-9,11,14-15,19H,1,10,12-13,16-17H2,2H3,(H,31,37)(H3,30,32,33,34,35);3-9,11,14-15,19H,1,10,12-13,16-17H2,2H3,(H,31,36)(H2,30,32,33,34). The van der Waals surface area contributed by atoms with Crippen LogP contribution in [0.5, 0.6) is 34.8 Å². The van der Waals surface area contributed by atoms with E-state index in [4.69, 9.17) is 28.9 Å². The number of rotatable bonds is 30. The molecule has 3 saturated heterocycles. The molecule has 115 heavy (non-hydrogen) atoms. The number of benzene rings is 6. The van der Waals surface area contributed by atoms with Crippen LogP contribution in [-0.4, -0.2) is 162 Å². The number of aromatic nitrogens is 10. The zero-order valence-corrected chi connectivity index (χ0v) is 63.7. The van der Waals surface area contributed by atoms with Crippen molar-refractivity contribution in [2.75, 3.05) is 117 Å². The van der Waals surface area contributed by atoms with Crippen molar-refractivity contribution in [2.24, 2.45) is 11.8 Å². The molecule has 3 aliphatic rings. The predicted molar refractivity (Wildman–Crippen MR) is 447 cm³/mol. The maximum Gasteiger partial charge on any atom is 0.247 e. The maximum absolute atomic E-state index is 12.5. The van der Waals surface area contributed by atoms with E-state index in [1.54, 1.807) is 87.4 Å². The molecule has 27 nitrogen and oxygen atoms in total. The highest BCUT2D eigenvalue weighted by atomic mass is 19.1. The fourth-order valence-corrected chi connectivity index (χ4v) is 13.9. The first-order valence-corrected chi connectivity index (χ1v) is 37.8. The van der Waals surface area contributed by atoms with Crippen molar-refractivity contribution >= 4 is 125 Å². The van der Waals surface area contributed by atoms with E-state index in [0.29, 0.717) is 123 Å². The molecule has 0 spiro atoms. The minimum atomic E-state index is -0.310. The van der Waals surface area contributed by atoms with Gasteiger partial charge in [-0.15, -0.1) is 0 Å². The molecular weight excluding hydrogens is 1460 g/mol. The maximum atomic E-state index is 12.5. The summed E-state index contributed by atoms with van der Waals surface area (Å²) in [5.74, 6) is 5.02. The first-order chi connectivity index (χ1) is 56.2. The first kappa shape index (κ1) is 78.1. The second-order valence-corrected chi connectivity index (χ2v) is 27.9. The van der Waals surface area contributed by atoms with Gasteiger partial charge in [0.15, 0.2) is 0 Å². The number of carbonyl (C=O) groups excluding carboxylic acids is 3. The number of aromatic amines is 3. The number of H-pyrrole nitrogens is 3. The number of hydrogen-bond donors (Lipinski definition) is 10. The Hall–Kier alpha value is -13.6. The van der Waals surface area contributed by atoms with E-state index < -0.39 is 0 Å². The second-order valence-electron chi connectivity index (χ2n) is 27.9. The quantitative estimate of drug-likeness (QED) is 0.0187. The third-order valence-corrected chi connectivity index (χ3v) is 19.5. The molecule has 3 fully saturated rings. The number of pyridine rings is 1. The van der Waals surface area contributed by atoms with Gasteiger partial charge in [-0.05, 0) is 189 Å². The van der Waals surface area contributed by atoms with Crippen molar-refractivity contribution < 1.29 is 42.1 Å². The summed E-state index contributed by atoms with van der Waals surface area (Å²) in [6, 6.07) is 49.4. The predicted octanol–water partition coefficient (Wildman–Crippen LogP) is 16.2. The van der Waals surface area contributed by atoms with Crippen LogP contribution in [0.1, 0.15) is 36.1 Å². The normalized spacial score (nSPS) is 13.7. The van der Waals surface area contributed by atoms with Crippen molar-refractivity contribution in [2.45, 2.75) is 38.6 Å². The number of nitrogens with zero attached hydrogens (tertiary/aromatic N) is 10. The molecule has 0 bridgehead atoms. The van der Waals surface area contributed by atoms with Crippen LogP contribution in [0.4, 0.5) is 72.3 Å². The number of amides is 3. The summed E-state index contributed by atoms with van der Waals surface area (Å²) in [6.45, 7) is 17.8. The summed E-state index contributed by atoms with van der Waals surface area (Å²) in [5, 5.41) is 24.7. The van der Waals surface area contributed by atoms with Crippen LogP contribution in [0.2, 0.25) is 0 Å². The molecule has 16 rings (SSSR count). The zero-order valence-electron chi connectivity index (χ0n) is 63.7. The minimum Gasteiger partial charge on any atom is -0.495 e. The van der Waals surface area contributed by atoms with Crippen LogP contribution >= 0.6 is 0 Å². The van der Waals surface area contributed by atoms with Crippen LogP contribution in [-0.2, 0) is 33.8 Å². The molecular formula is C86H88F2N20O7. The largest absolute Gasteiger partial charge is 0.495 e. The lowest BCUT2D eigenvalue weighted by Gasteiger charge is -2.38. The highest BCUT2D eigenvalue weighted by molar-refractivity contribution is 6.01. The molecule has 10 heterocycles. The van der Waals surface area contributed by atoms with Crippen molar-refractivity contribution in [1.29, 1.82) is 0 Å². The molecule has 588 valence electrons. The number of nitrogens with one attached hydrogen (secondary N) is 10. The molecule has 3 amide bonds. The molecule has 0 saturated carbocycles. The van der Waals surface area contributed by atoms with Gasteiger partial charge in [0.25, 0.3) is 0 Å². The summed E-state index contributed by atoms with van der Waals surface area (Å²) < 4.78 is 48.6. The Morgan fingerprint density at radius 2 is 0.939 bits per heavy atom. The lowest BCUT2D eigenvalue weighted by Crippen LogP contribution is -2.48. The van der Waals surface area contributed by atoms with Gasteiger partial charge < -0.3 is 80.9 Å². The topological polar surface area (TPSA) is 320 Å². The number of methoxy groups -OCH3 is 2. The van der Waals surface area contributed by atoms with Crippen LogP contribution in [0.3, 0.4) is 0 Å². The molecule has 0 unspecified atom stereocenters. The van der Waals surface area contributed by atoms with Crippen LogP contribution in [0.25, 0.3) is 44.0 Å². The van der Waals surface area contributed by atoms with Gasteiger partial charge in [0.05, 0.1) is 53.0 Å². The number of hydrogen-bond acceptors (Lipinski definition) is 21. The Labute approximate surface area is 662 Å². The van der Waals surface area contributed by atoms with Crippen LogP contribution in [0, 0.1) is 11.8 Å². The molecule has 29 heteroatoms. The number of carbonyl (C=O) groups is 3. The van der Waals surface area contributed by atoms with Crippen molar-refractivity contribution in [3.05, 3.63) is 231 Å². The zero-order chi connectivity index (χ0) is 79.6. The van der Waals surface area contributed by atoms with Gasteiger partial charge >= 0.3 is 0 Å². The Balaban J connectivity index is 0.000000142. The first-order valence-electron chi connectivity index (χ1n) is 37.8. The monoisotopic (exact) mass is 1550 g/mol. The van der Waals surface area contributed by atoms with E-state index >= 15 is 0 Å². The van der Waals surface area contributed by atoms with Gasteiger partial charge in [0.2, 0.25) is 47.3 Å². The number of alkyl halides is 2. The average molecular weight is 1550 g/mol. The Morgan fingerprint density at radius 1 is 0.470 bits per heavy atom. The summed E-state index contributed by atoms with van der Waals surface area (Å²) >= 11 is 0. The number of fused-ring (bicyclic) bond motifs is 4. The van der Waals surface area contributed by atoms with E-state index in [2.05, 4.69) is 136 Å². The van der Waals surface area contributed by atoms with Gasteiger partial charge in [-0.3, -0.25) is 24.3 Å². The third kappa shape index (κ3) is 20.4. The van der Waals surface area contributed by atoms with E-state index in [1.807, 2.05) is 78.9 Å². The number of likely N-dealkylation sites (tertiary alicyclic amines) is 3. The molecule has 6 aromatic carbocycles. The van der Waals surface area contributed by atoms with Gasteiger partial charge in [-0.1, -0.05) is 62.6 Å². The van der Waals surface area contributed by atoms with Crippen molar-refractivity contribution in [1.82, 2.24) is 64.5 Å². The summed E-state index contributed by atoms with van der Waals surface area (Å²) in [4.78, 5) is 83.8. The third-order valence-electron chi connectivity index (χ3n) is 19.5. The van der Waals surface area contributed by atoms with E-state index in [1.165, 1.54) is 43.1 Å². The van der Waals surface area contributed by atoms with E-state index in [9.17, 15) is 23.2 Å². The van der Waals surface area contributed by atoms with Gasteiger partial charge in [0.1, 0.15) is 59.1 Å². The van der Waals surface area contributed by atoms with Gasteiger partial charge in [-0.25, -0.2) is 8.78 Å². The second kappa shape index (κ2) is 37.1. The number of anilines is 11. The van der Waals surface area contributed by atoms with Gasteiger partial charge in [-0.2, -0.15) is 29.9 Å². The summed E-state index contributed by atoms with van der Waals surface area (Å²) in [5.41, 5.74) is 11.2. The Kier molecular flexibility index (Phi) is 25.2. The average Bonchev–Trinajstić information content (AvgIpc) is 1.81. The Bertz CT molecular complexity index is 5420. The van der Waals surface area contributed by atoms with E-state index in [-0.39, 0.29) is 31.1 Å². The fourth-order valence-electron chi connectivity index (χ4n) is 13.9. The SMILES string of the molecule is C=CC(=O)Nc1cccc(Nc2nc(Nc3ccc(CC4CN(CCF)C4)cc3OC)nc3[nH]ccc23)c1.C=CC(=O)Nc1cccc(Oc2nc(Nc3ccc(CC4CN(CCF)C4)cc3OC)nc3[nH]ccc23)c1.C=CC(=O)Nc1cccc(Oc2nc(Nc3ccc4nc(CN5CCCCC5)ccc4c3)nc3[nH]ccc23)c1. The van der Waals surface area contributed by atoms with Gasteiger partial charge in [0, 0.05) is 110 Å². The van der Waals surface area contributed by atoms with Crippen molar-refractivity contribution in [3.63, 3.8) is 0 Å². The smallest absolute Gasteiger partial charge is 0.247 e. The summed E-state index contributed by atoms with van der Waals surface area (Å²) in [6.07, 6.45) is 14.7.